The summed E-state index contributed by atoms with van der Waals surface area (Å²) < 4.78 is 1.07. The van der Waals surface area contributed by atoms with Crippen LogP contribution in [0.5, 0.6) is 0 Å². The van der Waals surface area contributed by atoms with Crippen LogP contribution in [0.4, 0.5) is 0 Å². The number of hydrogen-bond acceptors (Lipinski definition) is 0. The first-order chi connectivity index (χ1) is 7.65. The van der Waals surface area contributed by atoms with Crippen molar-refractivity contribution in [2.75, 3.05) is 0 Å². The Morgan fingerprint density at radius 2 is 1.56 bits per heavy atom. The molecule has 10 heterocycles. The zero-order valence-corrected chi connectivity index (χ0v) is 10.0. The Labute approximate surface area is 84.7 Å². The molecule has 0 amide bonds. The van der Waals surface area contributed by atoms with Crippen molar-refractivity contribution in [3.8, 4) is 0 Å². The van der Waals surface area contributed by atoms with Crippen molar-refractivity contribution < 1.29 is 6.37 Å². The van der Waals surface area contributed by atoms with Crippen LogP contribution >= 0.6 is 0 Å². The number of rotatable bonds is 1. The van der Waals surface area contributed by atoms with Gasteiger partial charge in [-0.3, -0.25) is 0 Å². The van der Waals surface area contributed by atoms with Crippen molar-refractivity contribution in [3.05, 3.63) is 23.8 Å². The Balaban J connectivity index is 1.69. The quantitative estimate of drug-likeness (QED) is 0.639. The molecule has 4 unspecified atom stereocenters. The molecule has 0 aromatic carbocycles. The van der Waals surface area contributed by atoms with Gasteiger partial charge in [-0.15, -0.1) is 0 Å². The van der Waals surface area contributed by atoms with E-state index in [0.717, 1.165) is 4.35 Å². The summed E-state index contributed by atoms with van der Waals surface area (Å²) in [5.74, 6) is 0. The van der Waals surface area contributed by atoms with Crippen LogP contribution in [0.25, 0.3) is 0 Å². The molecule has 4 atom stereocenters. The molecule has 0 bridgehead atoms. The van der Waals surface area contributed by atoms with Gasteiger partial charge in [0, 0.05) is 0 Å². The molecule has 11 aliphatic rings. The molecule has 0 nitrogen and oxygen atoms in total. The van der Waals surface area contributed by atoms with E-state index in [2.05, 4.69) is 18.2 Å². The maximum absolute atomic E-state index is 2.64. The van der Waals surface area contributed by atoms with E-state index < -0.39 is 6.37 Å². The number of allylic oxidation sites excluding steroid dienone is 4. The van der Waals surface area contributed by atoms with Gasteiger partial charge in [0.1, 0.15) is 0 Å². The van der Waals surface area contributed by atoms with Crippen LogP contribution in [-0.2, 0) is 6.37 Å². The Morgan fingerprint density at radius 1 is 0.938 bits per heavy atom. The summed E-state index contributed by atoms with van der Waals surface area (Å²) in [6, 6.07) is 0. The van der Waals surface area contributed by atoms with Gasteiger partial charge >= 0.3 is 84.6 Å². The molecule has 0 saturated carbocycles. The first kappa shape index (κ1) is 5.32. The van der Waals surface area contributed by atoms with Gasteiger partial charge in [0.25, 0.3) is 0 Å². The standard InChI is InChI=1S/C10H9.C5H5.Co/c1-2-6-9(5-1)10-7-3-4-8-10;1-2-4-5-3-1;/h1-7H,8H2;1-5H;. The van der Waals surface area contributed by atoms with Gasteiger partial charge in [-0.2, -0.15) is 0 Å². The Kier molecular flexibility index (Phi) is 0.135. The summed E-state index contributed by atoms with van der Waals surface area (Å²) in [6.07, 6.45) is 6.20. The van der Waals surface area contributed by atoms with Crippen LogP contribution in [0.1, 0.15) is 6.42 Å². The molecular weight excluding hydrogens is 239 g/mol. The van der Waals surface area contributed by atoms with Crippen LogP contribution in [0.15, 0.2) is 23.8 Å². The molecular formula is C15H14Co. The van der Waals surface area contributed by atoms with Crippen LogP contribution in [0.2, 0.25) is 48.0 Å². The minimum atomic E-state index is -2.64. The predicted molar refractivity (Wildman–Crippen MR) is 58.3 cm³/mol. The van der Waals surface area contributed by atoms with E-state index in [1.807, 2.05) is 5.57 Å². The third-order valence-corrected chi connectivity index (χ3v) is 55.1. The predicted octanol–water partition coefficient (Wildman–Crippen LogP) is 4.63. The Bertz CT molecular complexity index is 960. The van der Waals surface area contributed by atoms with Gasteiger partial charge in [0.05, 0.1) is 0 Å². The van der Waals surface area contributed by atoms with E-state index in [1.54, 1.807) is 0 Å². The third-order valence-electron chi connectivity index (χ3n) is 15.2. The molecule has 0 aromatic heterocycles. The average Bonchev–Trinajstić information content (AvgIpc) is 3.20. The first-order valence-corrected chi connectivity index (χ1v) is 13.0. The second-order valence-corrected chi connectivity index (χ2v) is 32.8. The van der Waals surface area contributed by atoms with E-state index in [-0.39, 0.29) is 0 Å². The molecule has 10 saturated heterocycles. The van der Waals surface area contributed by atoms with Gasteiger partial charge in [-0.05, 0) is 0 Å². The van der Waals surface area contributed by atoms with Crippen molar-refractivity contribution >= 4 is 0 Å². The monoisotopic (exact) mass is 253 g/mol. The fourth-order valence-corrected chi connectivity index (χ4v) is 85.4. The van der Waals surface area contributed by atoms with E-state index in [4.69, 9.17) is 0 Å². The molecule has 1 heteroatoms. The normalized spacial score (nSPS) is 130. The zero-order chi connectivity index (χ0) is 9.42. The van der Waals surface area contributed by atoms with Crippen molar-refractivity contribution in [1.82, 2.24) is 0 Å². The third kappa shape index (κ3) is 0.0462. The molecule has 1 aliphatic carbocycles. The molecule has 10 fully saturated rings. The summed E-state index contributed by atoms with van der Waals surface area (Å²) in [5.41, 5.74) is 2.02. The molecule has 11 rings (SSSR count). The van der Waals surface area contributed by atoms with Crippen LogP contribution in [-0.4, -0.2) is 0 Å². The molecule has 1 spiro atoms. The van der Waals surface area contributed by atoms with Crippen molar-refractivity contribution in [3.63, 3.8) is 0 Å². The second-order valence-electron chi connectivity index (χ2n) is 10.6. The molecule has 0 aromatic rings. The summed E-state index contributed by atoms with van der Waals surface area (Å²) in [6.45, 7) is 0. The SMILES string of the molecule is C1=CCC([C]23[CH]4[CH]5[CH]6[CH]2[Co]56432789[CH]3[CH]2[CH]7[CH]8[CH]39)=C1. The van der Waals surface area contributed by atoms with E-state index in [9.17, 15) is 0 Å². The van der Waals surface area contributed by atoms with Gasteiger partial charge < -0.3 is 0 Å². The fourth-order valence-electron chi connectivity index (χ4n) is 16.8. The molecule has 10 aliphatic heterocycles. The molecule has 16 heavy (non-hydrogen) atoms. The summed E-state index contributed by atoms with van der Waals surface area (Å²) in [5, 5.41) is 0. The van der Waals surface area contributed by atoms with Gasteiger partial charge in [-0.1, -0.05) is 0 Å². The zero-order valence-electron chi connectivity index (χ0n) is 8.97. The Hall–Kier alpha value is -0.0135. The Morgan fingerprint density at radius 3 is 1.88 bits per heavy atom. The van der Waals surface area contributed by atoms with E-state index in [1.165, 1.54) is 50.1 Å². The summed E-state index contributed by atoms with van der Waals surface area (Å²) >= 11 is 0. The van der Waals surface area contributed by atoms with Crippen LogP contribution in [0, 0.1) is 0 Å². The molecule has 0 radical (unpaired) electrons. The number of hydrogen-bond donors (Lipinski definition) is 0. The van der Waals surface area contributed by atoms with Gasteiger partial charge in [-0.25, -0.2) is 0 Å². The van der Waals surface area contributed by atoms with Crippen LogP contribution in [0.3, 0.4) is 0 Å². The maximum atomic E-state index is 2.60. The van der Waals surface area contributed by atoms with Crippen molar-refractivity contribution in [2.24, 2.45) is 0 Å². The van der Waals surface area contributed by atoms with E-state index in [0.29, 0.717) is 0 Å². The van der Waals surface area contributed by atoms with Crippen molar-refractivity contribution in [2.45, 2.75) is 54.4 Å². The summed E-state index contributed by atoms with van der Waals surface area (Å²) in [4.78, 5) is 13.5. The first-order valence-electron chi connectivity index (χ1n) is 7.11. The van der Waals surface area contributed by atoms with Crippen molar-refractivity contribution in [1.29, 1.82) is 0 Å². The van der Waals surface area contributed by atoms with Gasteiger partial charge in [0.15, 0.2) is 0 Å². The second kappa shape index (κ2) is 0.406. The van der Waals surface area contributed by atoms with Gasteiger partial charge in [0.2, 0.25) is 0 Å². The fraction of sp³-hybridized carbons (Fsp3) is 0.733. The average molecular weight is 253 g/mol. The molecule has 0 N–H and O–H groups in total. The van der Waals surface area contributed by atoms with Crippen LogP contribution < -0.4 is 0 Å². The topological polar surface area (TPSA) is 0 Å². The summed E-state index contributed by atoms with van der Waals surface area (Å²) in [7, 11) is 0. The van der Waals surface area contributed by atoms with E-state index >= 15 is 0 Å². The molecule has 83 valence electrons. The minimum absolute atomic E-state index is 1.07. The number of fused-ring (bicyclic) bond motifs is 10.